The van der Waals surface area contributed by atoms with Crippen molar-refractivity contribution in [3.63, 3.8) is 0 Å². The summed E-state index contributed by atoms with van der Waals surface area (Å²) in [6, 6.07) is 7.80. The highest BCUT2D eigenvalue weighted by molar-refractivity contribution is 5.81. The number of benzene rings is 1. The topological polar surface area (TPSA) is 55.1 Å². The van der Waals surface area contributed by atoms with E-state index in [9.17, 15) is 4.79 Å². The monoisotopic (exact) mass is 234 g/mol. The molecule has 0 saturated carbocycles. The largest absolute Gasteiger partial charge is 0.354 e. The average molecular weight is 234 g/mol. The van der Waals surface area contributed by atoms with Gasteiger partial charge in [0.2, 0.25) is 5.91 Å². The van der Waals surface area contributed by atoms with Crippen molar-refractivity contribution in [3.05, 3.63) is 35.4 Å². The minimum absolute atomic E-state index is 0.0615. The maximum absolute atomic E-state index is 11.6. The van der Waals surface area contributed by atoms with E-state index in [1.165, 1.54) is 11.1 Å². The van der Waals surface area contributed by atoms with Crippen LogP contribution in [-0.4, -0.2) is 18.5 Å². The number of amides is 1. The third kappa shape index (κ3) is 4.19. The Kier molecular flexibility index (Phi) is 5.16. The van der Waals surface area contributed by atoms with Crippen molar-refractivity contribution < 1.29 is 4.79 Å². The highest BCUT2D eigenvalue weighted by atomic mass is 16.2. The van der Waals surface area contributed by atoms with E-state index in [0.29, 0.717) is 6.54 Å². The number of nitrogens with one attached hydrogen (secondary N) is 1. The highest BCUT2D eigenvalue weighted by Crippen LogP contribution is 2.07. The Morgan fingerprint density at radius 2 is 2.00 bits per heavy atom. The van der Waals surface area contributed by atoms with E-state index in [1.807, 2.05) is 26.0 Å². The van der Waals surface area contributed by atoms with E-state index < -0.39 is 6.04 Å². The quantitative estimate of drug-likeness (QED) is 0.813. The van der Waals surface area contributed by atoms with Gasteiger partial charge in [0.15, 0.2) is 0 Å². The Bertz CT molecular complexity index is 374. The molecule has 94 valence electrons. The zero-order chi connectivity index (χ0) is 12.8. The van der Waals surface area contributed by atoms with E-state index in [0.717, 1.165) is 6.42 Å². The summed E-state index contributed by atoms with van der Waals surface area (Å²) in [5.74, 6) is 0.113. The summed E-state index contributed by atoms with van der Waals surface area (Å²) in [4.78, 5) is 11.6. The summed E-state index contributed by atoms with van der Waals surface area (Å²) in [6.45, 7) is 6.62. The summed E-state index contributed by atoms with van der Waals surface area (Å²) in [5, 5.41) is 2.88. The second-order valence-electron chi connectivity index (χ2n) is 4.74. The molecular formula is C14H22N2O. The third-order valence-electron chi connectivity index (χ3n) is 2.98. The predicted octanol–water partition coefficient (Wildman–Crippen LogP) is 1.64. The molecule has 1 aromatic carbocycles. The lowest BCUT2D eigenvalue weighted by Crippen LogP contribution is -2.44. The highest BCUT2D eigenvalue weighted by Gasteiger charge is 2.16. The van der Waals surface area contributed by atoms with Crippen LogP contribution in [0.3, 0.4) is 0 Å². The molecule has 1 rings (SSSR count). The molecule has 0 unspecified atom stereocenters. The smallest absolute Gasteiger partial charge is 0.237 e. The van der Waals surface area contributed by atoms with E-state index in [-0.39, 0.29) is 11.8 Å². The molecule has 0 aliphatic heterocycles. The molecular weight excluding hydrogens is 212 g/mol. The van der Waals surface area contributed by atoms with Crippen molar-refractivity contribution in [2.45, 2.75) is 33.2 Å². The van der Waals surface area contributed by atoms with Crippen LogP contribution in [0.15, 0.2) is 24.3 Å². The number of rotatable bonds is 5. The number of hydrogen-bond donors (Lipinski definition) is 2. The average Bonchev–Trinajstić information content (AvgIpc) is 2.30. The Labute approximate surface area is 103 Å². The molecule has 0 fully saturated rings. The minimum Gasteiger partial charge on any atom is -0.354 e. The molecule has 3 nitrogen and oxygen atoms in total. The zero-order valence-electron chi connectivity index (χ0n) is 10.9. The molecule has 0 spiro atoms. The molecule has 0 heterocycles. The molecule has 0 saturated heterocycles. The molecule has 3 heteroatoms. The van der Waals surface area contributed by atoms with Gasteiger partial charge in [0.1, 0.15) is 0 Å². The Morgan fingerprint density at radius 3 is 2.59 bits per heavy atom. The lowest BCUT2D eigenvalue weighted by atomic mass is 10.0. The number of aryl methyl sites for hydroxylation is 1. The van der Waals surface area contributed by atoms with Gasteiger partial charge in [-0.25, -0.2) is 0 Å². The maximum Gasteiger partial charge on any atom is 0.237 e. The van der Waals surface area contributed by atoms with Gasteiger partial charge in [-0.3, -0.25) is 4.79 Å². The van der Waals surface area contributed by atoms with Gasteiger partial charge in [-0.2, -0.15) is 0 Å². The van der Waals surface area contributed by atoms with Crippen molar-refractivity contribution in [3.8, 4) is 0 Å². The van der Waals surface area contributed by atoms with Gasteiger partial charge >= 0.3 is 0 Å². The number of carbonyl (C=O) groups is 1. The first-order chi connectivity index (χ1) is 8.02. The fourth-order valence-corrected chi connectivity index (χ4v) is 1.63. The normalized spacial score (nSPS) is 12.5. The van der Waals surface area contributed by atoms with Gasteiger partial charge in [0.05, 0.1) is 6.04 Å². The fraction of sp³-hybridized carbons (Fsp3) is 0.500. The number of nitrogens with two attached hydrogens (primary N) is 1. The fourth-order valence-electron chi connectivity index (χ4n) is 1.63. The first kappa shape index (κ1) is 13.7. The molecule has 1 atom stereocenters. The van der Waals surface area contributed by atoms with Crippen LogP contribution in [0, 0.1) is 12.8 Å². The maximum atomic E-state index is 11.6. The van der Waals surface area contributed by atoms with E-state index in [2.05, 4.69) is 24.4 Å². The standard InChI is InChI=1S/C14H22N2O/c1-10(2)13(15)14(17)16-9-8-12-7-5-4-6-11(12)3/h4-7,10,13H,8-9,15H2,1-3H3,(H,16,17)/t13-/m1/s1. The van der Waals surface area contributed by atoms with Crippen molar-refractivity contribution in [1.82, 2.24) is 5.32 Å². The molecule has 0 aliphatic carbocycles. The van der Waals surface area contributed by atoms with Crippen molar-refractivity contribution in [2.75, 3.05) is 6.54 Å². The van der Waals surface area contributed by atoms with Crippen LogP contribution in [-0.2, 0) is 11.2 Å². The Balaban J connectivity index is 2.38. The summed E-state index contributed by atoms with van der Waals surface area (Å²) in [5.41, 5.74) is 8.29. The van der Waals surface area contributed by atoms with Crippen LogP contribution < -0.4 is 11.1 Å². The van der Waals surface area contributed by atoms with Crippen LogP contribution in [0.25, 0.3) is 0 Å². The summed E-state index contributed by atoms with van der Waals surface area (Å²) < 4.78 is 0. The van der Waals surface area contributed by atoms with Crippen LogP contribution in [0.5, 0.6) is 0 Å². The van der Waals surface area contributed by atoms with Crippen LogP contribution in [0.1, 0.15) is 25.0 Å². The van der Waals surface area contributed by atoms with E-state index in [4.69, 9.17) is 5.73 Å². The first-order valence-electron chi connectivity index (χ1n) is 6.10. The molecule has 0 radical (unpaired) electrons. The molecule has 0 aliphatic rings. The van der Waals surface area contributed by atoms with Crippen LogP contribution >= 0.6 is 0 Å². The molecule has 1 aromatic rings. The first-order valence-corrected chi connectivity index (χ1v) is 6.10. The summed E-state index contributed by atoms with van der Waals surface area (Å²) in [6.07, 6.45) is 0.850. The van der Waals surface area contributed by atoms with Gasteiger partial charge in [-0.15, -0.1) is 0 Å². The molecule has 0 aromatic heterocycles. The minimum atomic E-state index is -0.410. The summed E-state index contributed by atoms with van der Waals surface area (Å²) in [7, 11) is 0. The predicted molar refractivity (Wildman–Crippen MR) is 70.7 cm³/mol. The van der Waals surface area contributed by atoms with Gasteiger partial charge in [0.25, 0.3) is 0 Å². The van der Waals surface area contributed by atoms with Crippen molar-refractivity contribution >= 4 is 5.91 Å². The van der Waals surface area contributed by atoms with Gasteiger partial charge in [0, 0.05) is 6.54 Å². The van der Waals surface area contributed by atoms with E-state index >= 15 is 0 Å². The number of hydrogen-bond acceptors (Lipinski definition) is 2. The molecule has 17 heavy (non-hydrogen) atoms. The third-order valence-corrected chi connectivity index (χ3v) is 2.98. The van der Waals surface area contributed by atoms with Crippen LogP contribution in [0.4, 0.5) is 0 Å². The second kappa shape index (κ2) is 6.40. The van der Waals surface area contributed by atoms with Crippen LogP contribution in [0.2, 0.25) is 0 Å². The van der Waals surface area contributed by atoms with Gasteiger partial charge in [-0.1, -0.05) is 38.1 Å². The Hall–Kier alpha value is -1.35. The zero-order valence-corrected chi connectivity index (χ0v) is 10.9. The van der Waals surface area contributed by atoms with Gasteiger partial charge in [-0.05, 0) is 30.4 Å². The van der Waals surface area contributed by atoms with Crippen molar-refractivity contribution in [1.29, 1.82) is 0 Å². The SMILES string of the molecule is Cc1ccccc1CCNC(=O)[C@H](N)C(C)C. The second-order valence-corrected chi connectivity index (χ2v) is 4.74. The molecule has 1 amide bonds. The Morgan fingerprint density at radius 1 is 1.35 bits per heavy atom. The lowest BCUT2D eigenvalue weighted by molar-refractivity contribution is -0.123. The molecule has 3 N–H and O–H groups in total. The molecule has 0 bridgehead atoms. The lowest BCUT2D eigenvalue weighted by Gasteiger charge is -2.15. The summed E-state index contributed by atoms with van der Waals surface area (Å²) >= 11 is 0. The van der Waals surface area contributed by atoms with E-state index in [1.54, 1.807) is 0 Å². The van der Waals surface area contributed by atoms with Crippen molar-refractivity contribution in [2.24, 2.45) is 11.7 Å². The number of carbonyl (C=O) groups excluding carboxylic acids is 1. The van der Waals surface area contributed by atoms with Gasteiger partial charge < -0.3 is 11.1 Å².